The number of nitrogens with zero attached hydrogens (tertiary/aromatic N) is 1. The Hall–Kier alpha value is -2.73. The van der Waals surface area contributed by atoms with Crippen molar-refractivity contribution in [3.63, 3.8) is 0 Å². The van der Waals surface area contributed by atoms with Gasteiger partial charge in [0.15, 0.2) is 0 Å². The molecule has 2 aromatic carbocycles. The standard InChI is InChI=1S/C20H20FN3O2/c21-15-8-6-14(7-9-15)16-10-11-22-18-17(16)19(25)23-20(26)24(18)12-13-4-2-1-3-5-13/h1-9,16-18,22H,10-12H2,(H,23,25,26). The van der Waals surface area contributed by atoms with Crippen LogP contribution < -0.4 is 10.6 Å². The molecule has 2 aliphatic heterocycles. The smallest absolute Gasteiger partial charge is 0.304 e. The normalized spacial score (nSPS) is 25.6. The molecule has 0 radical (unpaired) electrons. The Kier molecular flexibility index (Phi) is 4.42. The van der Waals surface area contributed by atoms with Gasteiger partial charge in [0.25, 0.3) is 0 Å². The van der Waals surface area contributed by atoms with Gasteiger partial charge in [0, 0.05) is 12.5 Å². The minimum Gasteiger partial charge on any atom is -0.304 e. The molecule has 2 aliphatic rings. The summed E-state index contributed by atoms with van der Waals surface area (Å²) in [5.41, 5.74) is 1.92. The van der Waals surface area contributed by atoms with Crippen LogP contribution in [0.1, 0.15) is 23.5 Å². The van der Waals surface area contributed by atoms with E-state index in [2.05, 4.69) is 10.6 Å². The number of halogens is 1. The van der Waals surface area contributed by atoms with Gasteiger partial charge in [-0.05, 0) is 36.2 Å². The fraction of sp³-hybridized carbons (Fsp3) is 0.300. The molecule has 0 aromatic heterocycles. The van der Waals surface area contributed by atoms with Crippen LogP contribution in [0.2, 0.25) is 0 Å². The topological polar surface area (TPSA) is 61.4 Å². The first-order valence-corrected chi connectivity index (χ1v) is 8.78. The van der Waals surface area contributed by atoms with Gasteiger partial charge in [-0.3, -0.25) is 15.4 Å². The first-order valence-electron chi connectivity index (χ1n) is 8.78. The molecule has 0 bridgehead atoms. The highest BCUT2D eigenvalue weighted by atomic mass is 19.1. The summed E-state index contributed by atoms with van der Waals surface area (Å²) >= 11 is 0. The fourth-order valence-electron chi connectivity index (χ4n) is 3.96. The van der Waals surface area contributed by atoms with Crippen molar-refractivity contribution in [1.29, 1.82) is 0 Å². The van der Waals surface area contributed by atoms with Gasteiger partial charge in [0.05, 0.1) is 12.1 Å². The van der Waals surface area contributed by atoms with Crippen LogP contribution >= 0.6 is 0 Å². The highest BCUT2D eigenvalue weighted by Gasteiger charge is 2.47. The first-order chi connectivity index (χ1) is 12.6. The zero-order chi connectivity index (χ0) is 18.1. The highest BCUT2D eigenvalue weighted by molar-refractivity contribution is 5.99. The molecular formula is C20H20FN3O2. The largest absolute Gasteiger partial charge is 0.325 e. The van der Waals surface area contributed by atoms with E-state index < -0.39 is 5.92 Å². The number of hydrogen-bond donors (Lipinski definition) is 2. The van der Waals surface area contributed by atoms with Crippen molar-refractivity contribution in [2.24, 2.45) is 5.92 Å². The van der Waals surface area contributed by atoms with E-state index in [1.54, 1.807) is 17.0 Å². The number of amides is 3. The maximum atomic E-state index is 13.3. The number of hydrogen-bond acceptors (Lipinski definition) is 3. The predicted octanol–water partition coefficient (Wildman–Crippen LogP) is 2.60. The van der Waals surface area contributed by atoms with Crippen molar-refractivity contribution in [2.45, 2.75) is 25.0 Å². The molecule has 3 amide bonds. The maximum Gasteiger partial charge on any atom is 0.325 e. The molecule has 3 unspecified atom stereocenters. The minimum atomic E-state index is -0.407. The van der Waals surface area contributed by atoms with E-state index in [1.165, 1.54) is 12.1 Å². The van der Waals surface area contributed by atoms with Crippen molar-refractivity contribution in [3.8, 4) is 0 Å². The summed E-state index contributed by atoms with van der Waals surface area (Å²) in [4.78, 5) is 26.7. The van der Waals surface area contributed by atoms with Crippen molar-refractivity contribution >= 4 is 11.9 Å². The molecule has 2 N–H and O–H groups in total. The molecule has 2 saturated heterocycles. The Balaban J connectivity index is 1.64. The zero-order valence-electron chi connectivity index (χ0n) is 14.2. The number of carbonyl (C=O) groups excluding carboxylic acids is 2. The quantitative estimate of drug-likeness (QED) is 0.892. The van der Waals surface area contributed by atoms with Crippen molar-refractivity contribution in [1.82, 2.24) is 15.5 Å². The number of urea groups is 1. The molecular weight excluding hydrogens is 333 g/mol. The molecule has 0 spiro atoms. The van der Waals surface area contributed by atoms with Crippen molar-refractivity contribution in [2.75, 3.05) is 6.54 Å². The van der Waals surface area contributed by atoms with Crippen molar-refractivity contribution in [3.05, 3.63) is 71.5 Å². The fourth-order valence-corrected chi connectivity index (χ4v) is 3.96. The number of rotatable bonds is 3. The summed E-state index contributed by atoms with van der Waals surface area (Å²) in [6.45, 7) is 1.11. The highest BCUT2D eigenvalue weighted by Crippen LogP contribution is 2.37. The average molecular weight is 353 g/mol. The van der Waals surface area contributed by atoms with E-state index in [0.717, 1.165) is 17.5 Å². The first kappa shape index (κ1) is 16.7. The molecule has 2 aromatic rings. The summed E-state index contributed by atoms with van der Waals surface area (Å²) in [5.74, 6) is -1.04. The lowest BCUT2D eigenvalue weighted by atomic mass is 9.77. The Morgan fingerprint density at radius 1 is 1.04 bits per heavy atom. The summed E-state index contributed by atoms with van der Waals surface area (Å²) in [6.07, 6.45) is 0.383. The summed E-state index contributed by atoms with van der Waals surface area (Å²) in [7, 11) is 0. The van der Waals surface area contributed by atoms with Crippen LogP contribution in [0.5, 0.6) is 0 Å². The predicted molar refractivity (Wildman–Crippen MR) is 94.6 cm³/mol. The molecule has 4 rings (SSSR count). The number of fused-ring (bicyclic) bond motifs is 1. The van der Waals surface area contributed by atoms with Crippen molar-refractivity contribution < 1.29 is 14.0 Å². The lowest BCUT2D eigenvalue weighted by Gasteiger charge is -2.46. The minimum absolute atomic E-state index is 0.0618. The molecule has 0 saturated carbocycles. The van der Waals surface area contributed by atoms with E-state index in [0.29, 0.717) is 13.1 Å². The van der Waals surface area contributed by atoms with Gasteiger partial charge >= 0.3 is 6.03 Å². The third-order valence-electron chi connectivity index (χ3n) is 5.21. The monoisotopic (exact) mass is 353 g/mol. The molecule has 5 nitrogen and oxygen atoms in total. The second-order valence-electron chi connectivity index (χ2n) is 6.78. The SMILES string of the molecule is O=C1NC(=O)N(Cc2ccccc2)C2NCCC(c3ccc(F)cc3)C12. The van der Waals surface area contributed by atoms with Crippen LogP contribution in [0, 0.1) is 11.7 Å². The van der Waals surface area contributed by atoms with Gasteiger partial charge in [0.1, 0.15) is 5.82 Å². The lowest BCUT2D eigenvalue weighted by Crippen LogP contribution is -2.67. The van der Waals surface area contributed by atoms with Gasteiger partial charge in [-0.25, -0.2) is 9.18 Å². The van der Waals surface area contributed by atoms with Crippen LogP contribution in [0.3, 0.4) is 0 Å². The van der Waals surface area contributed by atoms with E-state index in [1.807, 2.05) is 30.3 Å². The Morgan fingerprint density at radius 2 is 1.77 bits per heavy atom. The van der Waals surface area contributed by atoms with Crippen LogP contribution in [-0.2, 0) is 11.3 Å². The van der Waals surface area contributed by atoms with E-state index >= 15 is 0 Å². The van der Waals surface area contributed by atoms with E-state index in [-0.39, 0.29) is 29.8 Å². The van der Waals surface area contributed by atoms with Crippen LogP contribution in [0.25, 0.3) is 0 Å². The van der Waals surface area contributed by atoms with Gasteiger partial charge in [-0.2, -0.15) is 0 Å². The van der Waals surface area contributed by atoms with Gasteiger partial charge in [-0.1, -0.05) is 42.5 Å². The molecule has 2 fully saturated rings. The maximum absolute atomic E-state index is 13.3. The van der Waals surface area contributed by atoms with E-state index in [9.17, 15) is 14.0 Å². The zero-order valence-corrected chi connectivity index (χ0v) is 14.2. The van der Waals surface area contributed by atoms with E-state index in [4.69, 9.17) is 0 Å². The number of carbonyl (C=O) groups is 2. The third-order valence-corrected chi connectivity index (χ3v) is 5.21. The lowest BCUT2D eigenvalue weighted by molar-refractivity contribution is -0.131. The number of benzene rings is 2. The molecule has 134 valence electrons. The second kappa shape index (κ2) is 6.88. The number of piperidine rings is 1. The second-order valence-corrected chi connectivity index (χ2v) is 6.78. The Bertz CT molecular complexity index is 810. The van der Waals surface area contributed by atoms with Gasteiger partial charge < -0.3 is 4.90 Å². The summed E-state index contributed by atoms with van der Waals surface area (Å²) in [6, 6.07) is 15.6. The Labute approximate surface area is 151 Å². The van der Waals surface area contributed by atoms with Gasteiger partial charge in [0.2, 0.25) is 5.91 Å². The Morgan fingerprint density at radius 3 is 2.50 bits per heavy atom. The number of imide groups is 1. The summed E-state index contributed by atoms with van der Waals surface area (Å²) in [5, 5.41) is 5.83. The summed E-state index contributed by atoms with van der Waals surface area (Å²) < 4.78 is 13.3. The van der Waals surface area contributed by atoms with Crippen LogP contribution in [-0.4, -0.2) is 29.5 Å². The van der Waals surface area contributed by atoms with Gasteiger partial charge in [-0.15, -0.1) is 0 Å². The molecule has 3 atom stereocenters. The van der Waals surface area contributed by atoms with Crippen LogP contribution in [0.15, 0.2) is 54.6 Å². The molecule has 6 heteroatoms. The molecule has 2 heterocycles. The average Bonchev–Trinajstić information content (AvgIpc) is 2.66. The molecule has 0 aliphatic carbocycles. The number of nitrogens with one attached hydrogen (secondary N) is 2. The van der Waals surface area contributed by atoms with Crippen LogP contribution in [0.4, 0.5) is 9.18 Å². The molecule has 26 heavy (non-hydrogen) atoms. The third kappa shape index (κ3) is 3.08.